The third kappa shape index (κ3) is 25.0. The van der Waals surface area contributed by atoms with Crippen LogP contribution in [0.4, 0.5) is 26.7 Å². The van der Waals surface area contributed by atoms with E-state index in [2.05, 4.69) is 43.7 Å². The van der Waals surface area contributed by atoms with Crippen molar-refractivity contribution in [3.8, 4) is 17.6 Å². The van der Waals surface area contributed by atoms with E-state index in [4.69, 9.17) is 34.2 Å². The number of fused-ring (bicyclic) bond motifs is 2. The molecule has 5 rings (SSSR count). The van der Waals surface area contributed by atoms with Gasteiger partial charge in [-0.3, -0.25) is 43.7 Å². The summed E-state index contributed by atoms with van der Waals surface area (Å²) in [6.45, 7) is 8.79. The molecule has 0 spiro atoms. The van der Waals surface area contributed by atoms with Crippen molar-refractivity contribution in [2.45, 2.75) is 110 Å². The van der Waals surface area contributed by atoms with Crippen LogP contribution in [0.1, 0.15) is 95.4 Å². The molecule has 26 nitrogen and oxygen atoms in total. The smallest absolute Gasteiger partial charge is 0.460 e. The number of ether oxygens (including phenoxy) is 6. The molecule has 26 heteroatoms. The van der Waals surface area contributed by atoms with Gasteiger partial charge >= 0.3 is 18.2 Å². The average Bonchev–Trinajstić information content (AvgIpc) is 1.43. The van der Waals surface area contributed by atoms with Crippen LogP contribution in [0.25, 0.3) is 0 Å². The van der Waals surface area contributed by atoms with Crippen molar-refractivity contribution in [3.63, 3.8) is 0 Å². The number of primary amides is 1. The Hall–Kier alpha value is -9.45. The zero-order chi connectivity index (χ0) is 63.3. The molecule has 0 aliphatic carbocycles. The lowest BCUT2D eigenvalue weighted by atomic mass is 10.0. The maximum Gasteiger partial charge on any atom is 0.514 e. The van der Waals surface area contributed by atoms with Gasteiger partial charge in [0.15, 0.2) is 0 Å². The van der Waals surface area contributed by atoms with Gasteiger partial charge < -0.3 is 71.0 Å². The highest BCUT2D eigenvalue weighted by Gasteiger charge is 2.33. The van der Waals surface area contributed by atoms with E-state index < -0.39 is 83.0 Å². The number of nitrogens with zero attached hydrogens (tertiary/aromatic N) is 2. The Morgan fingerprint density at radius 1 is 0.678 bits per heavy atom. The van der Waals surface area contributed by atoms with Gasteiger partial charge in [0.1, 0.15) is 42.7 Å². The number of rotatable bonds is 33. The number of carbonyl (C=O) groups is 9. The summed E-state index contributed by atoms with van der Waals surface area (Å²) in [4.78, 5) is 129. The first-order valence-corrected chi connectivity index (χ1v) is 28.2. The minimum absolute atomic E-state index is 0.00443. The lowest BCUT2D eigenvalue weighted by Crippen LogP contribution is -2.58. The molecule has 8 amide bonds. The number of nitro groups is 1. The van der Waals surface area contributed by atoms with Crippen molar-refractivity contribution >= 4 is 70.7 Å². The Kier molecular flexibility index (Phi) is 27.6. The predicted molar refractivity (Wildman–Crippen MR) is 316 cm³/mol. The van der Waals surface area contributed by atoms with E-state index in [1.54, 1.807) is 51.7 Å². The normalized spacial score (nSPS) is 12.6. The standard InChI is InChI=1S/C61H75N9O17/c1-40(2)55(58(77)67-48(14-10-30-64-59(62)78)56(75)65-45-20-16-41(17-21-45)38-85-60(79)86-47-24-22-46(23-25-47)70(80)81)68-57(76)49(26-29-54(74)87-61(3,4)5)66-52(72)39-84-36-35-83-34-33-82-32-31-63-51(71)27-28-53(73)69-37-44-13-7-6-11-42(44)18-19-43-12-8-9-15-50(43)69/h6-9,11-13,15-17,20-25,40,48-49,55H,10,14,26-39H2,1-5H3,(H,63,71)(H,65,75)(H,66,72)(H,67,77)(H,68,76)(H3,62,64,78)/t48-,49-,55-/m0/s1. The van der Waals surface area contributed by atoms with E-state index in [1.807, 2.05) is 48.5 Å². The van der Waals surface area contributed by atoms with E-state index in [-0.39, 0.29) is 115 Å². The second-order valence-corrected chi connectivity index (χ2v) is 21.1. The maximum absolute atomic E-state index is 14.0. The minimum Gasteiger partial charge on any atom is -0.460 e. The lowest BCUT2D eigenvalue weighted by molar-refractivity contribution is -0.384. The fraction of sp³-hybridized carbons (Fsp3) is 0.426. The zero-order valence-corrected chi connectivity index (χ0v) is 49.3. The largest absolute Gasteiger partial charge is 0.514 e. The van der Waals surface area contributed by atoms with Gasteiger partial charge in [0, 0.05) is 61.3 Å². The number of esters is 1. The van der Waals surface area contributed by atoms with E-state index in [0.29, 0.717) is 23.5 Å². The Bertz CT molecular complexity index is 3080. The second-order valence-electron chi connectivity index (χ2n) is 21.1. The fourth-order valence-corrected chi connectivity index (χ4v) is 8.33. The Morgan fingerprint density at radius 2 is 1.32 bits per heavy atom. The molecule has 1 aliphatic heterocycles. The van der Waals surface area contributed by atoms with E-state index in [1.165, 1.54) is 36.4 Å². The first-order chi connectivity index (χ1) is 41.5. The number of nitro benzene ring substituents is 1. The predicted octanol–water partition coefficient (Wildman–Crippen LogP) is 4.82. The summed E-state index contributed by atoms with van der Waals surface area (Å²) in [5.74, 6) is 1.70. The van der Waals surface area contributed by atoms with Crippen molar-refractivity contribution in [2.75, 3.05) is 62.9 Å². The Morgan fingerprint density at radius 3 is 2.00 bits per heavy atom. The summed E-state index contributed by atoms with van der Waals surface area (Å²) >= 11 is 0. The molecule has 0 bridgehead atoms. The highest BCUT2D eigenvalue weighted by atomic mass is 16.7. The number of non-ortho nitro benzene ring substituents is 1. The molecule has 0 fully saturated rings. The number of benzene rings is 4. The molecule has 0 aromatic heterocycles. The second kappa shape index (κ2) is 35.1. The number of amides is 8. The van der Waals surface area contributed by atoms with Crippen molar-refractivity contribution < 1.29 is 76.5 Å². The first kappa shape index (κ1) is 68.3. The Balaban J connectivity index is 1.04. The summed E-state index contributed by atoms with van der Waals surface area (Å²) in [7, 11) is 0. The van der Waals surface area contributed by atoms with Crippen LogP contribution in [0, 0.1) is 27.9 Å². The molecule has 0 saturated carbocycles. The van der Waals surface area contributed by atoms with Crippen LogP contribution in [0.2, 0.25) is 0 Å². The topological polar surface area (TPSA) is 354 Å². The summed E-state index contributed by atoms with van der Waals surface area (Å²) in [5, 5.41) is 26.7. The number of anilines is 2. The van der Waals surface area contributed by atoms with Gasteiger partial charge in [0.05, 0.1) is 50.2 Å². The van der Waals surface area contributed by atoms with Gasteiger partial charge in [-0.05, 0) is 99.5 Å². The number of hydrogen-bond donors (Lipinski definition) is 7. The average molecular weight is 1210 g/mol. The molecule has 8 N–H and O–H groups in total. The third-order valence-electron chi connectivity index (χ3n) is 12.7. The highest BCUT2D eigenvalue weighted by molar-refractivity contribution is 5.99. The van der Waals surface area contributed by atoms with Crippen LogP contribution in [-0.4, -0.2) is 135 Å². The number of nitrogens with one attached hydrogen (secondary N) is 6. The number of urea groups is 1. The van der Waals surface area contributed by atoms with Crippen LogP contribution in [0.3, 0.4) is 0 Å². The van der Waals surface area contributed by atoms with E-state index in [0.717, 1.165) is 16.7 Å². The molecule has 87 heavy (non-hydrogen) atoms. The maximum atomic E-state index is 14.0. The molecular formula is C61H75N9O17. The molecule has 466 valence electrons. The third-order valence-corrected chi connectivity index (χ3v) is 12.7. The van der Waals surface area contributed by atoms with Crippen molar-refractivity contribution in [1.29, 1.82) is 0 Å². The lowest BCUT2D eigenvalue weighted by Gasteiger charge is -2.27. The van der Waals surface area contributed by atoms with Crippen molar-refractivity contribution in [1.82, 2.24) is 26.6 Å². The minimum atomic E-state index is -1.35. The molecule has 4 aromatic carbocycles. The van der Waals surface area contributed by atoms with Crippen molar-refractivity contribution in [3.05, 3.63) is 129 Å². The summed E-state index contributed by atoms with van der Waals surface area (Å²) in [6, 6.07) is 21.4. The summed E-state index contributed by atoms with van der Waals surface area (Å²) in [5.41, 5.74) is 8.15. The summed E-state index contributed by atoms with van der Waals surface area (Å²) in [6.07, 6.45) is -1.40. The quantitative estimate of drug-likeness (QED) is 0.00839. The molecule has 1 heterocycles. The van der Waals surface area contributed by atoms with Gasteiger partial charge in [-0.25, -0.2) is 9.59 Å². The van der Waals surface area contributed by atoms with Crippen LogP contribution >= 0.6 is 0 Å². The van der Waals surface area contributed by atoms with Crippen LogP contribution in [0.15, 0.2) is 97.1 Å². The van der Waals surface area contributed by atoms with Gasteiger partial charge in [-0.15, -0.1) is 0 Å². The van der Waals surface area contributed by atoms with Gasteiger partial charge in [0.2, 0.25) is 35.4 Å². The number of nitrogens with two attached hydrogens (primary N) is 1. The molecule has 4 aromatic rings. The SMILES string of the molecule is CC(C)[C@H](NC(=O)[C@H](CCC(=O)OC(C)(C)C)NC(=O)COCCOCCOCCNC(=O)CCC(=O)N1Cc2ccccc2C#Cc2ccccc21)C(=O)N[C@@H](CCCNC(N)=O)C(=O)Nc1ccc(COC(=O)Oc2ccc([N+](=O)[O-])cc2)cc1. The number of hydrogen-bond acceptors (Lipinski definition) is 17. The van der Waals surface area contributed by atoms with Gasteiger partial charge in [0.25, 0.3) is 5.69 Å². The fourth-order valence-electron chi connectivity index (χ4n) is 8.33. The molecule has 0 unspecified atom stereocenters. The molecule has 3 atom stereocenters. The summed E-state index contributed by atoms with van der Waals surface area (Å²) < 4.78 is 32.2. The monoisotopic (exact) mass is 1210 g/mol. The Labute approximate surface area is 503 Å². The molecule has 0 radical (unpaired) electrons. The van der Waals surface area contributed by atoms with E-state index >= 15 is 0 Å². The van der Waals surface area contributed by atoms with Crippen LogP contribution < -0.4 is 47.3 Å². The number of para-hydroxylation sites is 1. The number of carbonyl (C=O) groups excluding carboxylic acids is 9. The van der Waals surface area contributed by atoms with Crippen LogP contribution in [-0.2, 0) is 70.4 Å². The zero-order valence-electron chi connectivity index (χ0n) is 49.3. The van der Waals surface area contributed by atoms with Crippen LogP contribution in [0.5, 0.6) is 5.75 Å². The highest BCUT2D eigenvalue weighted by Crippen LogP contribution is 2.27. The molecular weight excluding hydrogens is 1130 g/mol. The van der Waals surface area contributed by atoms with Gasteiger partial charge in [-0.1, -0.05) is 68.2 Å². The van der Waals surface area contributed by atoms with Gasteiger partial charge in [-0.2, -0.15) is 0 Å². The first-order valence-electron chi connectivity index (χ1n) is 28.2. The molecule has 0 saturated heterocycles. The molecule has 1 aliphatic rings. The van der Waals surface area contributed by atoms with Crippen molar-refractivity contribution in [2.24, 2.45) is 11.7 Å². The van der Waals surface area contributed by atoms with E-state index in [9.17, 15) is 53.3 Å².